The SMILES string of the molecule is CCNCC1CCC(CC)CC1Cc1ccn(C)n1. The maximum Gasteiger partial charge on any atom is 0.0627 e. The van der Waals surface area contributed by atoms with Crippen LogP contribution in [0, 0.1) is 17.8 Å². The Balaban J connectivity index is 1.97. The van der Waals surface area contributed by atoms with Gasteiger partial charge in [-0.25, -0.2) is 0 Å². The van der Waals surface area contributed by atoms with Crippen molar-refractivity contribution in [2.45, 2.75) is 46.0 Å². The molecule has 1 aromatic heterocycles. The molecule has 0 bridgehead atoms. The summed E-state index contributed by atoms with van der Waals surface area (Å²) in [5.74, 6) is 2.59. The first-order valence-corrected chi connectivity index (χ1v) is 7.92. The number of aryl methyl sites for hydroxylation is 1. The van der Waals surface area contributed by atoms with Gasteiger partial charge < -0.3 is 5.32 Å². The quantitative estimate of drug-likeness (QED) is 0.855. The maximum absolute atomic E-state index is 4.57. The molecule has 0 aromatic carbocycles. The van der Waals surface area contributed by atoms with E-state index in [9.17, 15) is 0 Å². The Morgan fingerprint density at radius 3 is 2.79 bits per heavy atom. The van der Waals surface area contributed by atoms with Crippen LogP contribution in [0.25, 0.3) is 0 Å². The molecule has 1 fully saturated rings. The van der Waals surface area contributed by atoms with Crippen LogP contribution >= 0.6 is 0 Å². The summed E-state index contributed by atoms with van der Waals surface area (Å²) in [5.41, 5.74) is 1.27. The number of aromatic nitrogens is 2. The fraction of sp³-hybridized carbons (Fsp3) is 0.812. The van der Waals surface area contributed by atoms with Crippen LogP contribution in [0.2, 0.25) is 0 Å². The highest BCUT2D eigenvalue weighted by Crippen LogP contribution is 2.36. The topological polar surface area (TPSA) is 29.9 Å². The van der Waals surface area contributed by atoms with Gasteiger partial charge in [-0.3, -0.25) is 4.68 Å². The minimum atomic E-state index is 0.813. The molecule has 1 aliphatic carbocycles. The lowest BCUT2D eigenvalue weighted by Crippen LogP contribution is -2.34. The van der Waals surface area contributed by atoms with Gasteiger partial charge in [-0.2, -0.15) is 5.10 Å². The van der Waals surface area contributed by atoms with Crippen molar-refractivity contribution in [1.82, 2.24) is 15.1 Å². The van der Waals surface area contributed by atoms with Crippen LogP contribution in [0.4, 0.5) is 0 Å². The highest BCUT2D eigenvalue weighted by molar-refractivity contribution is 5.01. The zero-order valence-corrected chi connectivity index (χ0v) is 12.7. The lowest BCUT2D eigenvalue weighted by Gasteiger charge is -2.36. The van der Waals surface area contributed by atoms with Gasteiger partial charge in [-0.1, -0.05) is 26.7 Å². The van der Waals surface area contributed by atoms with Gasteiger partial charge in [0.05, 0.1) is 5.69 Å². The van der Waals surface area contributed by atoms with Crippen molar-refractivity contribution in [2.75, 3.05) is 13.1 Å². The lowest BCUT2D eigenvalue weighted by atomic mass is 9.71. The van der Waals surface area contributed by atoms with E-state index in [1.54, 1.807) is 0 Å². The van der Waals surface area contributed by atoms with Gasteiger partial charge in [-0.05, 0) is 56.2 Å². The van der Waals surface area contributed by atoms with Gasteiger partial charge in [0.25, 0.3) is 0 Å². The first-order valence-electron chi connectivity index (χ1n) is 7.92. The minimum absolute atomic E-state index is 0.813. The second kappa shape index (κ2) is 7.09. The fourth-order valence-corrected chi connectivity index (χ4v) is 3.48. The van der Waals surface area contributed by atoms with Crippen LogP contribution in [0.15, 0.2) is 12.3 Å². The van der Waals surface area contributed by atoms with Crippen molar-refractivity contribution < 1.29 is 0 Å². The number of nitrogens with one attached hydrogen (secondary N) is 1. The predicted molar refractivity (Wildman–Crippen MR) is 80.1 cm³/mol. The predicted octanol–water partition coefficient (Wildman–Crippen LogP) is 3.01. The molecular weight excluding hydrogens is 234 g/mol. The van der Waals surface area contributed by atoms with E-state index in [1.165, 1.54) is 37.9 Å². The number of rotatable bonds is 6. The zero-order chi connectivity index (χ0) is 13.7. The van der Waals surface area contributed by atoms with E-state index in [0.717, 1.165) is 30.7 Å². The molecule has 1 N–H and O–H groups in total. The van der Waals surface area contributed by atoms with Gasteiger partial charge in [0.1, 0.15) is 0 Å². The van der Waals surface area contributed by atoms with E-state index in [4.69, 9.17) is 0 Å². The third-order valence-corrected chi connectivity index (χ3v) is 4.72. The average Bonchev–Trinajstić information content (AvgIpc) is 2.82. The van der Waals surface area contributed by atoms with Gasteiger partial charge in [0, 0.05) is 13.2 Å². The summed E-state index contributed by atoms with van der Waals surface area (Å²) in [5, 5.41) is 8.11. The van der Waals surface area contributed by atoms with Crippen molar-refractivity contribution >= 4 is 0 Å². The van der Waals surface area contributed by atoms with E-state index in [-0.39, 0.29) is 0 Å². The number of hydrogen-bond acceptors (Lipinski definition) is 2. The van der Waals surface area contributed by atoms with Crippen molar-refractivity contribution in [2.24, 2.45) is 24.8 Å². The monoisotopic (exact) mass is 263 g/mol. The van der Waals surface area contributed by atoms with Crippen molar-refractivity contribution in [3.8, 4) is 0 Å². The van der Waals surface area contributed by atoms with Gasteiger partial charge >= 0.3 is 0 Å². The highest BCUT2D eigenvalue weighted by atomic mass is 15.2. The summed E-state index contributed by atoms with van der Waals surface area (Å²) >= 11 is 0. The third-order valence-electron chi connectivity index (χ3n) is 4.72. The van der Waals surface area contributed by atoms with Crippen LogP contribution in [-0.4, -0.2) is 22.9 Å². The molecule has 3 heteroatoms. The molecule has 0 saturated heterocycles. The van der Waals surface area contributed by atoms with E-state index in [0.29, 0.717) is 0 Å². The van der Waals surface area contributed by atoms with Crippen LogP contribution in [0.5, 0.6) is 0 Å². The number of nitrogens with zero attached hydrogens (tertiary/aromatic N) is 2. The summed E-state index contributed by atoms with van der Waals surface area (Å²) < 4.78 is 1.93. The molecule has 0 spiro atoms. The van der Waals surface area contributed by atoms with Crippen molar-refractivity contribution in [3.63, 3.8) is 0 Å². The maximum atomic E-state index is 4.57. The molecule has 1 aliphatic rings. The van der Waals surface area contributed by atoms with Gasteiger partial charge in [0.15, 0.2) is 0 Å². The van der Waals surface area contributed by atoms with E-state index >= 15 is 0 Å². The summed E-state index contributed by atoms with van der Waals surface area (Å²) in [6.45, 7) is 6.81. The average molecular weight is 263 g/mol. The highest BCUT2D eigenvalue weighted by Gasteiger charge is 2.29. The standard InChI is InChI=1S/C16H29N3/c1-4-13-6-7-14(12-17-5-2)15(10-13)11-16-8-9-19(3)18-16/h8-9,13-15,17H,4-7,10-12H2,1-3H3. The molecule has 1 heterocycles. The van der Waals surface area contributed by atoms with Crippen LogP contribution in [0.1, 0.15) is 45.2 Å². The molecule has 108 valence electrons. The molecular formula is C16H29N3. The Bertz CT molecular complexity index is 372. The molecule has 2 rings (SSSR count). The lowest BCUT2D eigenvalue weighted by molar-refractivity contribution is 0.171. The normalized spacial score (nSPS) is 27.6. The molecule has 3 unspecified atom stereocenters. The summed E-state index contributed by atoms with van der Waals surface area (Å²) in [6.07, 6.45) is 8.77. The molecule has 0 aliphatic heterocycles. The van der Waals surface area contributed by atoms with Crippen LogP contribution < -0.4 is 5.32 Å². The van der Waals surface area contributed by atoms with Gasteiger partial charge in [0.2, 0.25) is 0 Å². The third kappa shape index (κ3) is 4.07. The zero-order valence-electron chi connectivity index (χ0n) is 12.7. The summed E-state index contributed by atoms with van der Waals surface area (Å²) in [4.78, 5) is 0. The van der Waals surface area contributed by atoms with E-state index in [1.807, 2.05) is 11.7 Å². The van der Waals surface area contributed by atoms with Crippen molar-refractivity contribution in [1.29, 1.82) is 0 Å². The largest absolute Gasteiger partial charge is 0.317 e. The van der Waals surface area contributed by atoms with Crippen molar-refractivity contribution in [3.05, 3.63) is 18.0 Å². The molecule has 0 amide bonds. The van der Waals surface area contributed by atoms with Crippen LogP contribution in [0.3, 0.4) is 0 Å². The van der Waals surface area contributed by atoms with E-state index in [2.05, 4.69) is 36.5 Å². The molecule has 1 aromatic rings. The first-order chi connectivity index (χ1) is 9.22. The second-order valence-corrected chi connectivity index (χ2v) is 6.10. The minimum Gasteiger partial charge on any atom is -0.317 e. The Hall–Kier alpha value is -0.830. The van der Waals surface area contributed by atoms with E-state index < -0.39 is 0 Å². The number of hydrogen-bond donors (Lipinski definition) is 1. The molecule has 3 atom stereocenters. The molecule has 0 radical (unpaired) electrons. The first kappa shape index (κ1) is 14.6. The molecule has 1 saturated carbocycles. The molecule has 19 heavy (non-hydrogen) atoms. The van der Waals surface area contributed by atoms with Crippen LogP contribution in [-0.2, 0) is 13.5 Å². The summed E-state index contributed by atoms with van der Waals surface area (Å²) in [7, 11) is 2.01. The Morgan fingerprint density at radius 2 is 2.16 bits per heavy atom. The Labute approximate surface area is 117 Å². The molecule has 3 nitrogen and oxygen atoms in total. The fourth-order valence-electron chi connectivity index (χ4n) is 3.48. The smallest absolute Gasteiger partial charge is 0.0627 e. The van der Waals surface area contributed by atoms with Gasteiger partial charge in [-0.15, -0.1) is 0 Å². The Kier molecular flexibility index (Phi) is 5.44. The second-order valence-electron chi connectivity index (χ2n) is 6.10. The summed E-state index contributed by atoms with van der Waals surface area (Å²) in [6, 6.07) is 2.18. The Morgan fingerprint density at radius 1 is 1.32 bits per heavy atom.